The Hall–Kier alpha value is -3.61. The number of amides is 2. The summed E-state index contributed by atoms with van der Waals surface area (Å²) in [6.45, 7) is 4.51. The molecule has 2 amide bonds. The molecule has 7 nitrogen and oxygen atoms in total. The van der Waals surface area contributed by atoms with Crippen LogP contribution in [0.3, 0.4) is 0 Å². The van der Waals surface area contributed by atoms with E-state index in [0.29, 0.717) is 11.4 Å². The van der Waals surface area contributed by atoms with Gasteiger partial charge in [-0.15, -0.1) is 0 Å². The van der Waals surface area contributed by atoms with Gasteiger partial charge in [0.05, 0.1) is 6.54 Å². The first-order valence-corrected chi connectivity index (χ1v) is 12.7. The quantitative estimate of drug-likeness (QED) is 0.468. The summed E-state index contributed by atoms with van der Waals surface area (Å²) in [7, 11) is 1.84. The Morgan fingerprint density at radius 1 is 1.00 bits per heavy atom. The SMILES string of the molecule is CCCCCCc1ccc(C(=O)Nc2cc3n(n2)CCN3c2ccc3c(c2)CCN(C)C3=O)cc1. The van der Waals surface area contributed by atoms with Crippen LogP contribution in [0.25, 0.3) is 0 Å². The van der Waals surface area contributed by atoms with Crippen LogP contribution in [0.15, 0.2) is 48.5 Å². The molecule has 2 aromatic carbocycles. The number of carbonyl (C=O) groups is 2. The molecule has 0 unspecified atom stereocenters. The molecule has 35 heavy (non-hydrogen) atoms. The van der Waals surface area contributed by atoms with Gasteiger partial charge in [0.2, 0.25) is 0 Å². The lowest BCUT2D eigenvalue weighted by Crippen LogP contribution is -2.34. The summed E-state index contributed by atoms with van der Waals surface area (Å²) in [4.78, 5) is 29.2. The van der Waals surface area contributed by atoms with Crippen LogP contribution in [-0.2, 0) is 19.4 Å². The third kappa shape index (κ3) is 4.81. The molecule has 0 spiro atoms. The monoisotopic (exact) mass is 471 g/mol. The van der Waals surface area contributed by atoms with Crippen molar-refractivity contribution in [2.24, 2.45) is 0 Å². The molecule has 7 heteroatoms. The third-order valence-corrected chi connectivity index (χ3v) is 7.04. The molecule has 1 aromatic heterocycles. The van der Waals surface area contributed by atoms with Crippen molar-refractivity contribution in [3.8, 4) is 0 Å². The molecule has 0 bridgehead atoms. The third-order valence-electron chi connectivity index (χ3n) is 7.04. The summed E-state index contributed by atoms with van der Waals surface area (Å²) >= 11 is 0. The fourth-order valence-corrected chi connectivity index (χ4v) is 4.95. The van der Waals surface area contributed by atoms with Crippen molar-refractivity contribution in [3.05, 3.63) is 70.8 Å². The van der Waals surface area contributed by atoms with E-state index in [1.54, 1.807) is 4.90 Å². The minimum absolute atomic E-state index is 0.0822. The highest BCUT2D eigenvalue weighted by Crippen LogP contribution is 2.34. The van der Waals surface area contributed by atoms with Crippen LogP contribution < -0.4 is 10.2 Å². The number of nitrogens with one attached hydrogen (secondary N) is 1. The molecule has 0 radical (unpaired) electrons. The number of hydrogen-bond donors (Lipinski definition) is 1. The van der Waals surface area contributed by atoms with Gasteiger partial charge >= 0.3 is 0 Å². The Labute approximate surface area is 206 Å². The topological polar surface area (TPSA) is 70.5 Å². The largest absolute Gasteiger partial charge is 0.341 e. The van der Waals surface area contributed by atoms with Gasteiger partial charge in [-0.25, -0.2) is 4.68 Å². The number of fused-ring (bicyclic) bond motifs is 2. The van der Waals surface area contributed by atoms with Gasteiger partial charge in [0, 0.05) is 43.0 Å². The molecular weight excluding hydrogens is 438 g/mol. The van der Waals surface area contributed by atoms with E-state index >= 15 is 0 Å². The van der Waals surface area contributed by atoms with Crippen molar-refractivity contribution < 1.29 is 9.59 Å². The Kier molecular flexibility index (Phi) is 6.57. The normalized spacial score (nSPS) is 14.7. The van der Waals surface area contributed by atoms with Gasteiger partial charge in [-0.1, -0.05) is 38.3 Å². The summed E-state index contributed by atoms with van der Waals surface area (Å²) in [6.07, 6.45) is 6.86. The van der Waals surface area contributed by atoms with E-state index in [2.05, 4.69) is 28.3 Å². The summed E-state index contributed by atoms with van der Waals surface area (Å²) in [5.74, 6) is 1.43. The lowest BCUT2D eigenvalue weighted by molar-refractivity contribution is 0.0780. The van der Waals surface area contributed by atoms with Crippen molar-refractivity contribution in [1.82, 2.24) is 14.7 Å². The summed E-state index contributed by atoms with van der Waals surface area (Å²) in [5.41, 5.74) is 4.83. The minimum Gasteiger partial charge on any atom is -0.341 e. The van der Waals surface area contributed by atoms with Gasteiger partial charge in [0.1, 0.15) is 5.82 Å². The van der Waals surface area contributed by atoms with E-state index in [9.17, 15) is 9.59 Å². The van der Waals surface area contributed by atoms with Crippen molar-refractivity contribution in [2.75, 3.05) is 30.4 Å². The lowest BCUT2D eigenvalue weighted by Gasteiger charge is -2.26. The van der Waals surface area contributed by atoms with E-state index in [1.807, 2.05) is 54.2 Å². The van der Waals surface area contributed by atoms with Gasteiger partial charge < -0.3 is 15.1 Å². The Balaban J connectivity index is 1.25. The number of nitrogens with zero attached hydrogens (tertiary/aromatic N) is 4. The minimum atomic E-state index is -0.151. The maximum absolute atomic E-state index is 12.8. The predicted molar refractivity (Wildman–Crippen MR) is 139 cm³/mol. The van der Waals surface area contributed by atoms with Crippen LogP contribution in [0, 0.1) is 0 Å². The number of carbonyl (C=O) groups excluding carboxylic acids is 2. The van der Waals surface area contributed by atoms with Crippen molar-refractivity contribution >= 4 is 29.1 Å². The first-order chi connectivity index (χ1) is 17.0. The molecule has 3 aromatic rings. The van der Waals surface area contributed by atoms with Crippen molar-refractivity contribution in [2.45, 2.75) is 52.0 Å². The number of anilines is 3. The predicted octanol–water partition coefficient (Wildman–Crippen LogP) is 5.04. The molecule has 5 rings (SSSR count). The molecule has 2 aliphatic rings. The number of unbranched alkanes of at least 4 members (excludes halogenated alkanes) is 3. The van der Waals surface area contributed by atoms with E-state index < -0.39 is 0 Å². The van der Waals surface area contributed by atoms with Crippen molar-refractivity contribution in [1.29, 1.82) is 0 Å². The first-order valence-electron chi connectivity index (χ1n) is 12.7. The summed E-state index contributed by atoms with van der Waals surface area (Å²) in [5, 5.41) is 7.55. The average Bonchev–Trinajstić information content (AvgIpc) is 3.44. The van der Waals surface area contributed by atoms with Gasteiger partial charge in [-0.05, 0) is 60.7 Å². The fourth-order valence-electron chi connectivity index (χ4n) is 4.95. The number of aryl methyl sites for hydroxylation is 1. The molecule has 1 N–H and O–H groups in total. The van der Waals surface area contributed by atoms with Gasteiger partial charge in [-0.3, -0.25) is 9.59 Å². The Morgan fingerprint density at radius 2 is 1.83 bits per heavy atom. The summed E-state index contributed by atoms with van der Waals surface area (Å²) < 4.78 is 1.92. The second-order valence-electron chi connectivity index (χ2n) is 9.54. The molecule has 0 saturated heterocycles. The highest BCUT2D eigenvalue weighted by molar-refractivity contribution is 6.04. The molecule has 0 fully saturated rings. The van der Waals surface area contributed by atoms with Crippen molar-refractivity contribution in [3.63, 3.8) is 0 Å². The number of rotatable bonds is 8. The van der Waals surface area contributed by atoms with Crippen LogP contribution >= 0.6 is 0 Å². The first kappa shape index (κ1) is 23.1. The van der Waals surface area contributed by atoms with Crippen LogP contribution in [0.1, 0.15) is 64.4 Å². The molecule has 0 aliphatic carbocycles. The zero-order chi connectivity index (χ0) is 24.4. The number of hydrogen-bond acceptors (Lipinski definition) is 4. The molecule has 3 heterocycles. The zero-order valence-electron chi connectivity index (χ0n) is 20.6. The lowest BCUT2D eigenvalue weighted by atomic mass is 9.98. The Bertz CT molecular complexity index is 1230. The van der Waals surface area contributed by atoms with E-state index in [4.69, 9.17) is 0 Å². The van der Waals surface area contributed by atoms with E-state index in [0.717, 1.165) is 55.1 Å². The maximum Gasteiger partial charge on any atom is 0.256 e. The van der Waals surface area contributed by atoms with Crippen LogP contribution in [0.4, 0.5) is 17.3 Å². The molecule has 0 atom stereocenters. The standard InChI is InChI=1S/C28H33N5O2/c1-3-4-5-6-7-20-8-10-21(11-9-20)27(34)29-25-19-26-32(16-17-33(26)30-25)23-12-13-24-22(18-23)14-15-31(2)28(24)35/h8-13,18-19H,3-7,14-17H2,1-2H3,(H,29,30,34). The highest BCUT2D eigenvalue weighted by atomic mass is 16.2. The molecule has 182 valence electrons. The number of benzene rings is 2. The number of likely N-dealkylation sites (N-methyl/N-ethyl adjacent to an activating group) is 1. The summed E-state index contributed by atoms with van der Waals surface area (Å²) in [6, 6.07) is 15.9. The molecule has 2 aliphatic heterocycles. The van der Waals surface area contributed by atoms with Gasteiger partial charge in [0.25, 0.3) is 11.8 Å². The Morgan fingerprint density at radius 3 is 2.63 bits per heavy atom. The van der Waals surface area contributed by atoms with Gasteiger partial charge in [-0.2, -0.15) is 5.10 Å². The molecule has 0 saturated carbocycles. The smallest absolute Gasteiger partial charge is 0.256 e. The van der Waals surface area contributed by atoms with E-state index in [-0.39, 0.29) is 11.8 Å². The van der Waals surface area contributed by atoms with Crippen LogP contribution in [-0.4, -0.2) is 46.6 Å². The maximum atomic E-state index is 12.8. The van der Waals surface area contributed by atoms with Crippen LogP contribution in [0.2, 0.25) is 0 Å². The zero-order valence-corrected chi connectivity index (χ0v) is 20.6. The second kappa shape index (κ2) is 9.94. The number of aromatic nitrogens is 2. The molecular formula is C28H33N5O2. The second-order valence-corrected chi connectivity index (χ2v) is 9.54. The van der Waals surface area contributed by atoms with E-state index in [1.165, 1.54) is 31.2 Å². The van der Waals surface area contributed by atoms with Crippen LogP contribution in [0.5, 0.6) is 0 Å². The average molecular weight is 472 g/mol. The highest BCUT2D eigenvalue weighted by Gasteiger charge is 2.26. The van der Waals surface area contributed by atoms with Gasteiger partial charge in [0.15, 0.2) is 5.82 Å². The fraction of sp³-hybridized carbons (Fsp3) is 0.393.